The number of ether oxygens (including phenoxy) is 1. The second-order valence-corrected chi connectivity index (χ2v) is 4.17. The van der Waals surface area contributed by atoms with E-state index >= 15 is 0 Å². The molecule has 88 valence electrons. The molecule has 1 aliphatic rings. The highest BCUT2D eigenvalue weighted by molar-refractivity contribution is 5.75. The maximum absolute atomic E-state index is 11.6. The minimum absolute atomic E-state index is 0.165. The third-order valence-corrected chi connectivity index (χ3v) is 2.99. The number of β-amino-alcohol motifs (C(OH)–C–C–N with tert-alkyl or cyclic N) is 1. The molecule has 0 saturated carbocycles. The van der Waals surface area contributed by atoms with Crippen LogP contribution in [0.4, 0.5) is 0 Å². The molecule has 0 aliphatic carbocycles. The third-order valence-electron chi connectivity index (χ3n) is 2.99. The van der Waals surface area contributed by atoms with Crippen molar-refractivity contribution >= 4 is 5.97 Å². The van der Waals surface area contributed by atoms with Gasteiger partial charge in [0.15, 0.2) is 0 Å². The molecule has 15 heavy (non-hydrogen) atoms. The Bertz CT molecular complexity index is 210. The van der Waals surface area contributed by atoms with Crippen LogP contribution in [0.1, 0.15) is 27.2 Å². The quantitative estimate of drug-likeness (QED) is 0.699. The molecule has 0 aromatic heterocycles. The number of carbonyl (C=O) groups is 1. The molecule has 0 amide bonds. The van der Waals surface area contributed by atoms with Crippen molar-refractivity contribution in [2.75, 3.05) is 19.7 Å². The second kappa shape index (κ2) is 5.47. The molecule has 1 N–H and O–H groups in total. The van der Waals surface area contributed by atoms with Crippen LogP contribution in [0, 0.1) is 5.92 Å². The van der Waals surface area contributed by atoms with Gasteiger partial charge in [0.05, 0.1) is 12.7 Å². The van der Waals surface area contributed by atoms with Gasteiger partial charge in [-0.05, 0) is 19.3 Å². The lowest BCUT2D eigenvalue weighted by Crippen LogP contribution is -2.40. The Labute approximate surface area is 91.2 Å². The zero-order valence-electron chi connectivity index (χ0n) is 9.77. The number of esters is 1. The van der Waals surface area contributed by atoms with Gasteiger partial charge in [-0.1, -0.05) is 13.8 Å². The zero-order chi connectivity index (χ0) is 11.4. The predicted molar refractivity (Wildman–Crippen MR) is 57.5 cm³/mol. The van der Waals surface area contributed by atoms with E-state index in [1.807, 2.05) is 25.7 Å². The number of carbonyl (C=O) groups excluding carboxylic acids is 1. The topological polar surface area (TPSA) is 49.8 Å². The number of aliphatic hydroxyl groups excluding tert-OH is 1. The Hall–Kier alpha value is -0.610. The van der Waals surface area contributed by atoms with E-state index in [1.54, 1.807) is 0 Å². The van der Waals surface area contributed by atoms with Gasteiger partial charge in [0.1, 0.15) is 6.04 Å². The summed E-state index contributed by atoms with van der Waals surface area (Å²) in [4.78, 5) is 13.7. The van der Waals surface area contributed by atoms with Crippen LogP contribution in [0.2, 0.25) is 0 Å². The summed E-state index contributed by atoms with van der Waals surface area (Å²) >= 11 is 0. The number of aliphatic hydroxyl groups is 1. The van der Waals surface area contributed by atoms with Crippen LogP contribution in [0.5, 0.6) is 0 Å². The monoisotopic (exact) mass is 215 g/mol. The smallest absolute Gasteiger partial charge is 0.323 e. The van der Waals surface area contributed by atoms with Crippen molar-refractivity contribution < 1.29 is 14.6 Å². The lowest BCUT2D eigenvalue weighted by Gasteiger charge is -2.24. The third kappa shape index (κ3) is 2.92. The summed E-state index contributed by atoms with van der Waals surface area (Å²) in [6.07, 6.45) is 0.423. The van der Waals surface area contributed by atoms with Gasteiger partial charge >= 0.3 is 5.97 Å². The molecule has 0 bridgehead atoms. The van der Waals surface area contributed by atoms with Crippen molar-refractivity contribution in [3.63, 3.8) is 0 Å². The van der Waals surface area contributed by atoms with Gasteiger partial charge in [-0.15, -0.1) is 0 Å². The highest BCUT2D eigenvalue weighted by Gasteiger charge is 2.35. The van der Waals surface area contributed by atoms with E-state index in [-0.39, 0.29) is 24.0 Å². The lowest BCUT2D eigenvalue weighted by atomic mass is 10.1. The van der Waals surface area contributed by atoms with Crippen LogP contribution in [-0.2, 0) is 9.53 Å². The molecular weight excluding hydrogens is 194 g/mol. The second-order valence-electron chi connectivity index (χ2n) is 4.17. The number of nitrogens with zero attached hydrogens (tertiary/aromatic N) is 1. The van der Waals surface area contributed by atoms with Crippen molar-refractivity contribution in [3.05, 3.63) is 0 Å². The first-order valence-corrected chi connectivity index (χ1v) is 5.68. The fraction of sp³-hybridized carbons (Fsp3) is 0.909. The normalized spacial score (nSPS) is 29.1. The van der Waals surface area contributed by atoms with Crippen LogP contribution in [0.3, 0.4) is 0 Å². The number of rotatable bonds is 4. The molecule has 1 saturated heterocycles. The van der Waals surface area contributed by atoms with Crippen LogP contribution in [-0.4, -0.2) is 47.8 Å². The first-order chi connectivity index (χ1) is 7.10. The van der Waals surface area contributed by atoms with E-state index in [1.165, 1.54) is 0 Å². The zero-order valence-corrected chi connectivity index (χ0v) is 9.77. The minimum Gasteiger partial charge on any atom is -0.465 e. The Morgan fingerprint density at radius 3 is 2.60 bits per heavy atom. The SMILES string of the molecule is CCOC(=O)[C@H](CC)N1C[C@@H](O)[C@@H](C)C1. The van der Waals surface area contributed by atoms with Gasteiger partial charge in [-0.2, -0.15) is 0 Å². The van der Waals surface area contributed by atoms with E-state index in [4.69, 9.17) is 4.74 Å². The maximum atomic E-state index is 11.6. The lowest BCUT2D eigenvalue weighted by molar-refractivity contribution is -0.149. The Morgan fingerprint density at radius 1 is 1.53 bits per heavy atom. The van der Waals surface area contributed by atoms with Crippen LogP contribution in [0.25, 0.3) is 0 Å². The Kier molecular flexibility index (Phi) is 4.54. The molecular formula is C11H21NO3. The maximum Gasteiger partial charge on any atom is 0.323 e. The summed E-state index contributed by atoms with van der Waals surface area (Å²) in [5, 5.41) is 9.63. The standard InChI is InChI=1S/C11H21NO3/c1-4-9(11(14)15-5-2)12-6-8(3)10(13)7-12/h8-10,13H,4-7H2,1-3H3/t8-,9-,10+/m0/s1. The highest BCUT2D eigenvalue weighted by Crippen LogP contribution is 2.20. The molecule has 4 nitrogen and oxygen atoms in total. The predicted octanol–water partition coefficient (Wildman–Crippen LogP) is 0.641. The van der Waals surface area contributed by atoms with Crippen molar-refractivity contribution in [1.29, 1.82) is 0 Å². The molecule has 0 radical (unpaired) electrons. The summed E-state index contributed by atoms with van der Waals surface area (Å²) in [6.45, 7) is 7.56. The molecule has 0 unspecified atom stereocenters. The van der Waals surface area contributed by atoms with Gasteiger partial charge < -0.3 is 9.84 Å². The molecule has 0 aromatic carbocycles. The van der Waals surface area contributed by atoms with Crippen molar-refractivity contribution in [2.24, 2.45) is 5.92 Å². The summed E-state index contributed by atoms with van der Waals surface area (Å²) in [7, 11) is 0. The van der Waals surface area contributed by atoms with Crippen molar-refractivity contribution in [3.8, 4) is 0 Å². The molecule has 1 heterocycles. The van der Waals surface area contributed by atoms with E-state index in [0.717, 1.165) is 13.0 Å². The van der Waals surface area contributed by atoms with Crippen molar-refractivity contribution in [2.45, 2.75) is 39.3 Å². The van der Waals surface area contributed by atoms with Gasteiger partial charge in [-0.3, -0.25) is 9.69 Å². The largest absolute Gasteiger partial charge is 0.465 e. The molecule has 1 fully saturated rings. The molecule has 1 rings (SSSR count). The van der Waals surface area contributed by atoms with Gasteiger partial charge in [0, 0.05) is 13.1 Å². The Balaban J connectivity index is 2.56. The molecule has 4 heteroatoms. The van der Waals surface area contributed by atoms with E-state index in [0.29, 0.717) is 13.2 Å². The molecule has 1 aliphatic heterocycles. The van der Waals surface area contributed by atoms with Crippen LogP contribution in [0.15, 0.2) is 0 Å². The first kappa shape index (κ1) is 12.5. The van der Waals surface area contributed by atoms with Crippen LogP contribution < -0.4 is 0 Å². The number of hydrogen-bond donors (Lipinski definition) is 1. The van der Waals surface area contributed by atoms with Crippen LogP contribution >= 0.6 is 0 Å². The average molecular weight is 215 g/mol. The fourth-order valence-corrected chi connectivity index (χ4v) is 2.05. The summed E-state index contributed by atoms with van der Waals surface area (Å²) < 4.78 is 5.02. The van der Waals surface area contributed by atoms with Gasteiger partial charge in [-0.25, -0.2) is 0 Å². The summed E-state index contributed by atoms with van der Waals surface area (Å²) in [5.74, 6) is 0.0785. The van der Waals surface area contributed by atoms with Gasteiger partial charge in [0.2, 0.25) is 0 Å². The van der Waals surface area contributed by atoms with E-state index in [2.05, 4.69) is 0 Å². The molecule has 0 spiro atoms. The van der Waals surface area contributed by atoms with Crippen molar-refractivity contribution in [1.82, 2.24) is 4.90 Å². The fourth-order valence-electron chi connectivity index (χ4n) is 2.05. The number of hydrogen-bond acceptors (Lipinski definition) is 4. The number of likely N-dealkylation sites (tertiary alicyclic amines) is 1. The van der Waals surface area contributed by atoms with E-state index < -0.39 is 0 Å². The van der Waals surface area contributed by atoms with Gasteiger partial charge in [0.25, 0.3) is 0 Å². The first-order valence-electron chi connectivity index (χ1n) is 5.68. The highest BCUT2D eigenvalue weighted by atomic mass is 16.5. The molecule has 3 atom stereocenters. The Morgan fingerprint density at radius 2 is 2.20 bits per heavy atom. The minimum atomic E-state index is -0.312. The summed E-state index contributed by atoms with van der Waals surface area (Å²) in [6, 6.07) is -0.190. The van der Waals surface area contributed by atoms with E-state index in [9.17, 15) is 9.90 Å². The molecule has 0 aromatic rings. The summed E-state index contributed by atoms with van der Waals surface area (Å²) in [5.41, 5.74) is 0. The average Bonchev–Trinajstić information content (AvgIpc) is 2.48.